The first kappa shape index (κ1) is 50.4. The van der Waals surface area contributed by atoms with Crippen molar-refractivity contribution in [3.05, 3.63) is 192 Å². The summed E-state index contributed by atoms with van der Waals surface area (Å²) < 4.78 is 106. The summed E-state index contributed by atoms with van der Waals surface area (Å²) in [4.78, 5) is 4.39. The summed E-state index contributed by atoms with van der Waals surface area (Å²) in [5, 5.41) is 8.00. The van der Waals surface area contributed by atoms with Crippen molar-refractivity contribution in [2.75, 3.05) is 0 Å². The van der Waals surface area contributed by atoms with Crippen molar-refractivity contribution in [2.24, 2.45) is 12.2 Å². The average Bonchev–Trinajstić information content (AvgIpc) is 3.98. The van der Waals surface area contributed by atoms with Crippen molar-refractivity contribution in [3.8, 4) is 28.3 Å². The van der Waals surface area contributed by atoms with Gasteiger partial charge in [-0.25, -0.2) is 0 Å². The molecule has 0 spiro atoms. The van der Waals surface area contributed by atoms with Gasteiger partial charge in [0.25, 0.3) is 0 Å². The maximum absolute atomic E-state index is 13.1. The van der Waals surface area contributed by atoms with Crippen molar-refractivity contribution in [1.82, 2.24) is 19.3 Å². The Kier molecular flexibility index (Phi) is 18.0. The number of alkyl halides is 6. The van der Waals surface area contributed by atoms with Crippen molar-refractivity contribution in [3.63, 3.8) is 0 Å². The number of aromatic nitrogens is 4. The van der Waals surface area contributed by atoms with Crippen LogP contribution in [0.4, 0.5) is 40.8 Å². The van der Waals surface area contributed by atoms with Gasteiger partial charge in [-0.05, 0) is 47.4 Å². The molecule has 3 heterocycles. The molecular formula is C44H32F8Li3N6+. The summed E-state index contributed by atoms with van der Waals surface area (Å²) in [5.74, 6) is -0.738. The van der Waals surface area contributed by atoms with Crippen LogP contribution in [0.15, 0.2) is 139 Å². The zero-order chi connectivity index (χ0) is 41.6. The van der Waals surface area contributed by atoms with Crippen molar-refractivity contribution in [2.45, 2.75) is 32.2 Å². The van der Waals surface area contributed by atoms with Gasteiger partial charge in [0.15, 0.2) is 0 Å². The Labute approximate surface area is 383 Å². The van der Waals surface area contributed by atoms with Crippen LogP contribution in [0, 0.1) is 43.7 Å². The zero-order valence-corrected chi connectivity index (χ0v) is 34.0. The SMILES string of the molecule is Cc1cccc(C)c1-c1cnc(-c2[c-]cc(C(F)(F)F)cc2)n1C.FC(F)(F)c1c[c-]c([N+]2=NC=CC2c2ccccc2)cc1.Fc1c[c-]c(-n2cccn2)c(F)c1.[Li+].[Li+].[Li+]. The first-order valence-electron chi connectivity index (χ1n) is 17.5. The second kappa shape index (κ2) is 21.7. The third kappa shape index (κ3) is 12.4. The molecule has 0 radical (unpaired) electrons. The quantitative estimate of drug-likeness (QED) is 0.116. The molecule has 17 heteroatoms. The second-order valence-corrected chi connectivity index (χ2v) is 12.9. The number of imidazole rings is 1. The molecule has 2 aromatic heterocycles. The summed E-state index contributed by atoms with van der Waals surface area (Å²) in [6.07, 6.45) is -0.363. The van der Waals surface area contributed by atoms with E-state index in [-0.39, 0.29) is 68.3 Å². The molecule has 0 saturated carbocycles. The smallest absolute Gasteiger partial charge is 0.367 e. The summed E-state index contributed by atoms with van der Waals surface area (Å²) >= 11 is 0. The van der Waals surface area contributed by atoms with Gasteiger partial charge >= 0.3 is 68.9 Å². The van der Waals surface area contributed by atoms with Crippen LogP contribution in [0.5, 0.6) is 0 Å². The molecule has 0 fully saturated rings. The topological polar surface area (TPSA) is 51.0 Å². The van der Waals surface area contributed by atoms with Crippen LogP contribution >= 0.6 is 0 Å². The van der Waals surface area contributed by atoms with Gasteiger partial charge in [-0.3, -0.25) is 18.4 Å². The Morgan fingerprint density at radius 2 is 1.36 bits per heavy atom. The minimum Gasteiger partial charge on any atom is -0.367 e. The molecule has 7 aromatic rings. The zero-order valence-electron chi connectivity index (χ0n) is 34.0. The molecule has 296 valence electrons. The Morgan fingerprint density at radius 1 is 0.721 bits per heavy atom. The van der Waals surface area contributed by atoms with Crippen LogP contribution in [0.3, 0.4) is 0 Å². The van der Waals surface area contributed by atoms with Gasteiger partial charge in [0.2, 0.25) is 6.04 Å². The van der Waals surface area contributed by atoms with E-state index < -0.39 is 35.1 Å². The Bertz CT molecular complexity index is 2520. The van der Waals surface area contributed by atoms with Crippen LogP contribution in [0.25, 0.3) is 28.3 Å². The molecule has 1 aliphatic rings. The summed E-state index contributed by atoms with van der Waals surface area (Å²) in [7, 11) is 1.86. The molecule has 0 N–H and O–H groups in total. The first-order chi connectivity index (χ1) is 27.6. The predicted octanol–water partition coefficient (Wildman–Crippen LogP) is 3.02. The third-order valence-electron chi connectivity index (χ3n) is 8.91. The van der Waals surface area contributed by atoms with Crippen LogP contribution in [-0.4, -0.2) is 24.0 Å². The number of azo groups is 2. The van der Waals surface area contributed by atoms with E-state index in [9.17, 15) is 35.1 Å². The summed E-state index contributed by atoms with van der Waals surface area (Å²) in [6, 6.07) is 33.7. The molecule has 1 aliphatic heterocycles. The van der Waals surface area contributed by atoms with Gasteiger partial charge in [0, 0.05) is 54.5 Å². The monoisotopic (exact) mass is 817 g/mol. The van der Waals surface area contributed by atoms with Crippen molar-refractivity contribution < 1.29 is 96.4 Å². The Balaban J connectivity index is 0.000000247. The molecule has 0 aliphatic carbocycles. The molecule has 61 heavy (non-hydrogen) atoms. The second-order valence-electron chi connectivity index (χ2n) is 12.9. The van der Waals surface area contributed by atoms with E-state index in [0.717, 1.165) is 64.3 Å². The fraction of sp³-hybridized carbons (Fsp3) is 0.136. The molecular weight excluding hydrogens is 785 g/mol. The van der Waals surface area contributed by atoms with Crippen LogP contribution in [-0.2, 0) is 19.4 Å². The first-order valence-corrected chi connectivity index (χ1v) is 17.5. The Hall–Kier alpha value is -4.91. The van der Waals surface area contributed by atoms with E-state index in [1.165, 1.54) is 23.0 Å². The van der Waals surface area contributed by atoms with Gasteiger partial charge in [0.05, 0.1) is 17.7 Å². The van der Waals surface area contributed by atoms with Crippen LogP contribution in [0.1, 0.15) is 33.9 Å². The molecule has 0 saturated heterocycles. The van der Waals surface area contributed by atoms with E-state index in [1.54, 1.807) is 29.4 Å². The molecule has 5 aromatic carbocycles. The van der Waals surface area contributed by atoms with Gasteiger partial charge in [-0.1, -0.05) is 64.9 Å². The molecule has 0 amide bonds. The normalized spacial score (nSPS) is 13.0. The third-order valence-corrected chi connectivity index (χ3v) is 8.91. The Morgan fingerprint density at radius 3 is 1.90 bits per heavy atom. The number of nitrogens with zero attached hydrogens (tertiary/aromatic N) is 6. The number of halogens is 8. The van der Waals surface area contributed by atoms with Crippen molar-refractivity contribution in [1.29, 1.82) is 0 Å². The fourth-order valence-corrected chi connectivity index (χ4v) is 6.06. The summed E-state index contributed by atoms with van der Waals surface area (Å²) in [6.45, 7) is 4.05. The minimum atomic E-state index is -4.36. The number of rotatable bonds is 5. The number of hydrogen-bond donors (Lipinski definition) is 0. The van der Waals surface area contributed by atoms with Gasteiger partial charge in [-0.15, -0.1) is 48.0 Å². The molecule has 6 nitrogen and oxygen atoms in total. The van der Waals surface area contributed by atoms with Crippen molar-refractivity contribution >= 4 is 5.69 Å². The molecule has 1 unspecified atom stereocenters. The van der Waals surface area contributed by atoms with Gasteiger partial charge < -0.3 is 4.57 Å². The standard InChI is InChI=1S/C19H16F3N2.C16H11F3N2.C9H5F2N2.3Li/c1-12-5-4-6-13(2)17(12)16-11-23-18(24(16)3)14-7-9-15(10-8-14)19(20,21)22;17-16(18,19)13-6-8-14(9-7-13)21-15(10-11-20-21)12-4-2-1-3-5-12;10-7-2-3-9(8(11)6-7)13-5-1-4-12-13;;;/h4-7,9-11H,1-3H3;1-8,10-11,15H;1-2,4-6H;;;/q-1;;-1;3*+1. The van der Waals surface area contributed by atoms with Gasteiger partial charge in [0.1, 0.15) is 5.69 Å². The van der Waals surface area contributed by atoms with Crippen LogP contribution < -0.4 is 56.6 Å². The maximum atomic E-state index is 13.1. The fourth-order valence-electron chi connectivity index (χ4n) is 6.06. The number of hydrogen-bond acceptors (Lipinski definition) is 3. The minimum absolute atomic E-state index is 0. The average molecular weight is 818 g/mol. The van der Waals surface area contributed by atoms with Gasteiger partial charge in [-0.2, -0.15) is 49.6 Å². The largest absolute Gasteiger partial charge is 1.00 e. The van der Waals surface area contributed by atoms with E-state index in [0.29, 0.717) is 17.1 Å². The maximum Gasteiger partial charge on any atom is 1.00 e. The van der Waals surface area contributed by atoms with E-state index >= 15 is 0 Å². The van der Waals surface area contributed by atoms with E-state index in [1.807, 2.05) is 80.1 Å². The molecule has 8 rings (SSSR count). The summed E-state index contributed by atoms with van der Waals surface area (Å²) in [5.41, 5.74) is 5.01. The van der Waals surface area contributed by atoms with Crippen LogP contribution in [0.2, 0.25) is 0 Å². The van der Waals surface area contributed by atoms with E-state index in [4.69, 9.17) is 0 Å². The number of aryl methyl sites for hydroxylation is 2. The van der Waals surface area contributed by atoms with E-state index in [2.05, 4.69) is 33.4 Å². The number of benzene rings is 5. The molecule has 0 bridgehead atoms. The predicted molar refractivity (Wildman–Crippen MR) is 201 cm³/mol. The molecule has 1 atom stereocenters.